The Morgan fingerprint density at radius 1 is 0.964 bits per heavy atom. The predicted octanol–water partition coefficient (Wildman–Crippen LogP) is 4.10. The molecule has 2 N–H and O–H groups in total. The molecule has 2 atom stereocenters. The molecular formula is C22H26N2O4. The molecule has 2 aromatic carbocycles. The van der Waals surface area contributed by atoms with Crippen LogP contribution in [-0.2, 0) is 22.5 Å². The maximum atomic E-state index is 12.3. The maximum Gasteiger partial charge on any atom is 0.408 e. The molecule has 1 aliphatic rings. The first-order valence-corrected chi connectivity index (χ1v) is 9.36. The highest BCUT2D eigenvalue weighted by molar-refractivity contribution is 5.71. The van der Waals surface area contributed by atoms with Crippen molar-refractivity contribution < 1.29 is 19.1 Å². The van der Waals surface area contributed by atoms with Gasteiger partial charge in [0.15, 0.2) is 0 Å². The molecular weight excluding hydrogens is 356 g/mol. The van der Waals surface area contributed by atoms with Crippen LogP contribution in [0.3, 0.4) is 0 Å². The third kappa shape index (κ3) is 5.25. The fourth-order valence-corrected chi connectivity index (χ4v) is 3.26. The van der Waals surface area contributed by atoms with Gasteiger partial charge in [-0.3, -0.25) is 0 Å². The lowest BCUT2D eigenvalue weighted by atomic mass is 10.1. The topological polar surface area (TPSA) is 76.7 Å². The van der Waals surface area contributed by atoms with E-state index in [4.69, 9.17) is 9.47 Å². The lowest BCUT2D eigenvalue weighted by Crippen LogP contribution is -2.45. The highest BCUT2D eigenvalue weighted by Crippen LogP contribution is 2.31. The fourth-order valence-electron chi connectivity index (χ4n) is 3.26. The number of benzene rings is 2. The van der Waals surface area contributed by atoms with Gasteiger partial charge in [0.25, 0.3) is 0 Å². The Morgan fingerprint density at radius 3 is 2.36 bits per heavy atom. The molecule has 6 heteroatoms. The Kier molecular flexibility index (Phi) is 5.87. The van der Waals surface area contributed by atoms with E-state index in [0.717, 1.165) is 16.7 Å². The quantitative estimate of drug-likeness (QED) is 0.835. The van der Waals surface area contributed by atoms with E-state index in [9.17, 15) is 9.59 Å². The fraction of sp³-hybridized carbons (Fsp3) is 0.364. The molecule has 0 radical (unpaired) electrons. The van der Waals surface area contributed by atoms with Crippen LogP contribution in [0.15, 0.2) is 54.6 Å². The van der Waals surface area contributed by atoms with Gasteiger partial charge in [-0.1, -0.05) is 54.6 Å². The summed E-state index contributed by atoms with van der Waals surface area (Å²) < 4.78 is 10.7. The molecule has 0 unspecified atom stereocenters. The van der Waals surface area contributed by atoms with Gasteiger partial charge in [0, 0.05) is 0 Å². The van der Waals surface area contributed by atoms with Gasteiger partial charge >= 0.3 is 12.2 Å². The van der Waals surface area contributed by atoms with Crippen LogP contribution in [0.2, 0.25) is 0 Å². The highest BCUT2D eigenvalue weighted by atomic mass is 16.6. The molecule has 6 nitrogen and oxygen atoms in total. The minimum atomic E-state index is -0.597. The molecule has 2 aromatic rings. The summed E-state index contributed by atoms with van der Waals surface area (Å²) in [5.74, 6) is 0. The first kappa shape index (κ1) is 19.7. The van der Waals surface area contributed by atoms with Crippen molar-refractivity contribution in [1.29, 1.82) is 0 Å². The molecule has 0 bridgehead atoms. The van der Waals surface area contributed by atoms with E-state index in [1.54, 1.807) is 0 Å². The van der Waals surface area contributed by atoms with Crippen molar-refractivity contribution in [1.82, 2.24) is 10.6 Å². The number of hydrogen-bond acceptors (Lipinski definition) is 4. The molecule has 0 saturated heterocycles. The average Bonchev–Trinajstić information content (AvgIpc) is 2.96. The van der Waals surface area contributed by atoms with Gasteiger partial charge in [-0.05, 0) is 43.9 Å². The zero-order valence-corrected chi connectivity index (χ0v) is 16.4. The van der Waals surface area contributed by atoms with E-state index in [-0.39, 0.29) is 18.7 Å². The van der Waals surface area contributed by atoms with Crippen LogP contribution in [0.4, 0.5) is 9.59 Å². The van der Waals surface area contributed by atoms with Crippen LogP contribution in [-0.4, -0.2) is 23.8 Å². The summed E-state index contributed by atoms with van der Waals surface area (Å²) in [5, 5.41) is 5.77. The van der Waals surface area contributed by atoms with E-state index in [2.05, 4.69) is 10.6 Å². The summed E-state index contributed by atoms with van der Waals surface area (Å²) in [6.07, 6.45) is -0.423. The number of rotatable bonds is 4. The van der Waals surface area contributed by atoms with E-state index in [1.807, 2.05) is 75.4 Å². The first-order valence-electron chi connectivity index (χ1n) is 9.36. The summed E-state index contributed by atoms with van der Waals surface area (Å²) in [6.45, 7) is 5.63. The van der Waals surface area contributed by atoms with Gasteiger partial charge in [0.05, 0.1) is 12.1 Å². The summed E-state index contributed by atoms with van der Waals surface area (Å²) in [4.78, 5) is 24.6. The minimum Gasteiger partial charge on any atom is -0.445 e. The molecule has 0 aromatic heterocycles. The lowest BCUT2D eigenvalue weighted by molar-refractivity contribution is 0.0492. The van der Waals surface area contributed by atoms with Crippen LogP contribution in [0.5, 0.6) is 0 Å². The molecule has 2 amide bonds. The number of carbonyl (C=O) groups excluding carboxylic acids is 2. The van der Waals surface area contributed by atoms with Crippen LogP contribution in [0.1, 0.15) is 43.5 Å². The van der Waals surface area contributed by atoms with Crippen molar-refractivity contribution in [3.05, 3.63) is 71.3 Å². The molecule has 28 heavy (non-hydrogen) atoms. The van der Waals surface area contributed by atoms with E-state index < -0.39 is 17.8 Å². The number of amides is 2. The molecule has 148 valence electrons. The zero-order chi connectivity index (χ0) is 20.1. The maximum absolute atomic E-state index is 12.3. The normalized spacial score (nSPS) is 18.1. The molecule has 0 fully saturated rings. The monoisotopic (exact) mass is 382 g/mol. The van der Waals surface area contributed by atoms with Crippen molar-refractivity contribution in [2.75, 3.05) is 0 Å². The van der Waals surface area contributed by atoms with Gasteiger partial charge in [-0.25, -0.2) is 9.59 Å². The van der Waals surface area contributed by atoms with Crippen molar-refractivity contribution in [2.24, 2.45) is 0 Å². The summed E-state index contributed by atoms with van der Waals surface area (Å²) >= 11 is 0. The standard InChI is InChI=1S/C22H26N2O4/c1-22(2,3)28-21(26)24-19-17-12-8-7-11-16(17)13-18(19)23-20(25)27-14-15-9-5-4-6-10-15/h4-12,18-19H,13-14H2,1-3H3,(H,23,25)(H,24,26)/t18-,19-/m1/s1. The number of ether oxygens (including phenoxy) is 2. The number of hydrogen-bond donors (Lipinski definition) is 2. The SMILES string of the molecule is CC(C)(C)OC(=O)N[C@@H]1c2ccccc2C[C@H]1NC(=O)OCc1ccccc1. The Hall–Kier alpha value is -3.02. The van der Waals surface area contributed by atoms with E-state index in [1.165, 1.54) is 0 Å². The van der Waals surface area contributed by atoms with Crippen LogP contribution >= 0.6 is 0 Å². The van der Waals surface area contributed by atoms with Crippen molar-refractivity contribution >= 4 is 12.2 Å². The van der Waals surface area contributed by atoms with Gasteiger partial charge in [0.2, 0.25) is 0 Å². The molecule has 3 rings (SSSR count). The van der Waals surface area contributed by atoms with Crippen molar-refractivity contribution in [3.63, 3.8) is 0 Å². The minimum absolute atomic E-state index is 0.191. The average molecular weight is 382 g/mol. The number of alkyl carbamates (subject to hydrolysis) is 2. The third-order valence-corrected chi connectivity index (χ3v) is 4.42. The smallest absolute Gasteiger partial charge is 0.408 e. The molecule has 1 aliphatic carbocycles. The third-order valence-electron chi connectivity index (χ3n) is 4.42. The Balaban J connectivity index is 1.65. The Morgan fingerprint density at radius 2 is 1.64 bits per heavy atom. The number of fused-ring (bicyclic) bond motifs is 1. The largest absolute Gasteiger partial charge is 0.445 e. The van der Waals surface area contributed by atoms with Crippen LogP contribution < -0.4 is 10.6 Å². The van der Waals surface area contributed by atoms with Gasteiger partial charge in [-0.15, -0.1) is 0 Å². The summed E-state index contributed by atoms with van der Waals surface area (Å²) in [6, 6.07) is 16.6. The first-order chi connectivity index (χ1) is 13.3. The van der Waals surface area contributed by atoms with Gasteiger partial charge < -0.3 is 20.1 Å². The Labute approximate surface area is 165 Å². The second kappa shape index (κ2) is 8.33. The number of nitrogens with one attached hydrogen (secondary N) is 2. The predicted molar refractivity (Wildman–Crippen MR) is 106 cm³/mol. The van der Waals surface area contributed by atoms with Gasteiger partial charge in [-0.2, -0.15) is 0 Å². The highest BCUT2D eigenvalue weighted by Gasteiger charge is 2.35. The summed E-state index contributed by atoms with van der Waals surface area (Å²) in [5.41, 5.74) is 2.37. The van der Waals surface area contributed by atoms with E-state index >= 15 is 0 Å². The van der Waals surface area contributed by atoms with E-state index in [0.29, 0.717) is 6.42 Å². The number of carbonyl (C=O) groups is 2. The zero-order valence-electron chi connectivity index (χ0n) is 16.4. The molecule has 0 aliphatic heterocycles. The van der Waals surface area contributed by atoms with Crippen molar-refractivity contribution in [3.8, 4) is 0 Å². The Bertz CT molecular complexity index is 830. The van der Waals surface area contributed by atoms with Crippen LogP contribution in [0.25, 0.3) is 0 Å². The molecule has 0 saturated carbocycles. The lowest BCUT2D eigenvalue weighted by Gasteiger charge is -2.25. The van der Waals surface area contributed by atoms with Crippen LogP contribution in [0, 0.1) is 0 Å². The van der Waals surface area contributed by atoms with Crippen molar-refractivity contribution in [2.45, 2.75) is 51.5 Å². The second-order valence-corrected chi connectivity index (χ2v) is 7.84. The van der Waals surface area contributed by atoms with Gasteiger partial charge in [0.1, 0.15) is 12.2 Å². The summed E-state index contributed by atoms with van der Waals surface area (Å²) in [7, 11) is 0. The molecule has 0 heterocycles. The molecule has 0 spiro atoms. The second-order valence-electron chi connectivity index (χ2n) is 7.84.